The maximum absolute atomic E-state index is 12.1. The fourth-order valence-corrected chi connectivity index (χ4v) is 4.78. The Hall–Kier alpha value is -2.56. The molecule has 0 radical (unpaired) electrons. The third-order valence-corrected chi connectivity index (χ3v) is 8.31. The number of carbonyl (C=O) groups excluding carboxylic acids is 2. The van der Waals surface area contributed by atoms with Gasteiger partial charge in [0.15, 0.2) is 11.2 Å². The Bertz CT molecular complexity index is 1270. The fourth-order valence-electron chi connectivity index (χ4n) is 4.42. The van der Waals surface area contributed by atoms with Gasteiger partial charge in [0.05, 0.1) is 22.6 Å². The molecule has 2 aromatic rings. The lowest BCUT2D eigenvalue weighted by molar-refractivity contribution is -0.125. The topological polar surface area (TPSA) is 95.1 Å². The summed E-state index contributed by atoms with van der Waals surface area (Å²) in [7, 11) is -0.441. The largest absolute Gasteiger partial charge is 0.494 e. The normalized spacial score (nSPS) is 24.3. The summed E-state index contributed by atoms with van der Waals surface area (Å²) in [6.45, 7) is 8.08. The van der Waals surface area contributed by atoms with Crippen LogP contribution in [0.5, 0.6) is 11.5 Å². The molecule has 36 heavy (non-hydrogen) atoms. The van der Waals surface area contributed by atoms with Gasteiger partial charge in [0, 0.05) is 30.2 Å². The first-order valence-corrected chi connectivity index (χ1v) is 13.0. The zero-order valence-corrected chi connectivity index (χ0v) is 22.3. The maximum Gasteiger partial charge on any atom is 0.494 e. The van der Waals surface area contributed by atoms with Crippen molar-refractivity contribution in [2.45, 2.75) is 75.8 Å². The van der Waals surface area contributed by atoms with E-state index < -0.39 is 18.3 Å². The molecule has 0 atom stereocenters. The first-order valence-electron chi connectivity index (χ1n) is 12.2. The molecule has 7 rings (SSSR count). The van der Waals surface area contributed by atoms with Gasteiger partial charge in [-0.15, -0.1) is 0 Å². The summed E-state index contributed by atoms with van der Waals surface area (Å²) in [5, 5.41) is 5.80. The van der Waals surface area contributed by atoms with Crippen LogP contribution in [0.4, 0.5) is 11.4 Å². The number of nitrogens with one attached hydrogen (secondary N) is 2. The summed E-state index contributed by atoms with van der Waals surface area (Å²) in [4.78, 5) is 23.7. The van der Waals surface area contributed by atoms with Crippen LogP contribution < -0.4 is 25.6 Å². The van der Waals surface area contributed by atoms with Crippen LogP contribution in [0.15, 0.2) is 40.9 Å². The zero-order chi connectivity index (χ0) is 25.5. The lowest BCUT2D eigenvalue weighted by Gasteiger charge is -2.32. The van der Waals surface area contributed by atoms with Crippen LogP contribution >= 0.6 is 15.9 Å². The van der Waals surface area contributed by atoms with Crippen molar-refractivity contribution in [1.29, 1.82) is 0 Å². The van der Waals surface area contributed by atoms with Crippen LogP contribution in [0.3, 0.4) is 0 Å². The van der Waals surface area contributed by atoms with E-state index in [1.165, 1.54) is 0 Å². The van der Waals surface area contributed by atoms with Gasteiger partial charge in [0.2, 0.25) is 0 Å². The van der Waals surface area contributed by atoms with Crippen molar-refractivity contribution < 1.29 is 28.4 Å². The molecule has 2 amide bonds. The lowest BCUT2D eigenvalue weighted by Crippen LogP contribution is -2.41. The molecule has 5 aliphatic rings. The number of ether oxygens (including phenoxy) is 2. The molecule has 2 aromatic carbocycles. The molecule has 0 aromatic heterocycles. The fraction of sp³-hybridized carbons (Fsp3) is 0.462. The zero-order valence-electron chi connectivity index (χ0n) is 20.7. The van der Waals surface area contributed by atoms with Crippen molar-refractivity contribution in [2.75, 3.05) is 10.6 Å². The van der Waals surface area contributed by atoms with E-state index in [1.807, 2.05) is 64.1 Å². The summed E-state index contributed by atoms with van der Waals surface area (Å²) in [6, 6.07) is 11.3. The summed E-state index contributed by atoms with van der Waals surface area (Å²) >= 11 is 3.35. The van der Waals surface area contributed by atoms with E-state index in [4.69, 9.17) is 18.8 Å². The van der Waals surface area contributed by atoms with Gasteiger partial charge >= 0.3 is 7.12 Å². The van der Waals surface area contributed by atoms with E-state index >= 15 is 0 Å². The molecule has 188 valence electrons. The van der Waals surface area contributed by atoms with Crippen molar-refractivity contribution in [3.05, 3.63) is 40.9 Å². The maximum atomic E-state index is 12.1. The number of rotatable bonds is 1. The Morgan fingerprint density at radius 3 is 1.72 bits per heavy atom. The average Bonchev–Trinajstić information content (AvgIpc) is 3.72. The van der Waals surface area contributed by atoms with E-state index in [9.17, 15) is 9.59 Å². The van der Waals surface area contributed by atoms with E-state index in [-0.39, 0.29) is 23.0 Å². The number of anilines is 2. The first kappa shape index (κ1) is 23.8. The molecule has 10 heteroatoms. The minimum atomic E-state index is -0.612. The lowest BCUT2D eigenvalue weighted by atomic mass is 9.78. The molecule has 2 aliphatic carbocycles. The molecule has 8 nitrogen and oxygen atoms in total. The van der Waals surface area contributed by atoms with Gasteiger partial charge in [0.25, 0.3) is 11.8 Å². The molecule has 0 bridgehead atoms. The predicted octanol–water partition coefficient (Wildman–Crippen LogP) is 4.16. The Morgan fingerprint density at radius 1 is 0.750 bits per heavy atom. The smallest absolute Gasteiger partial charge is 0.475 e. The molecule has 2 N–H and O–H groups in total. The van der Waals surface area contributed by atoms with Gasteiger partial charge in [-0.25, -0.2) is 0 Å². The Labute approximate surface area is 218 Å². The third kappa shape index (κ3) is 3.90. The van der Waals surface area contributed by atoms with Gasteiger partial charge in [-0.2, -0.15) is 0 Å². The minimum Gasteiger partial charge on any atom is -0.475 e. The monoisotopic (exact) mass is 554 g/mol. The number of fused-ring (bicyclic) bond motifs is 2. The van der Waals surface area contributed by atoms with E-state index in [2.05, 4.69) is 26.6 Å². The van der Waals surface area contributed by atoms with Crippen LogP contribution in [-0.4, -0.2) is 41.3 Å². The van der Waals surface area contributed by atoms with Crippen molar-refractivity contribution in [3.63, 3.8) is 0 Å². The average molecular weight is 555 g/mol. The molecule has 3 aliphatic heterocycles. The summed E-state index contributed by atoms with van der Waals surface area (Å²) in [6.07, 6.45) is 3.23. The van der Waals surface area contributed by atoms with Crippen molar-refractivity contribution in [2.24, 2.45) is 0 Å². The van der Waals surface area contributed by atoms with Gasteiger partial charge in [-0.1, -0.05) is 22.0 Å². The Morgan fingerprint density at radius 2 is 1.22 bits per heavy atom. The number of hydrogen-bond acceptors (Lipinski definition) is 6. The highest BCUT2D eigenvalue weighted by Crippen LogP contribution is 2.48. The predicted molar refractivity (Wildman–Crippen MR) is 139 cm³/mol. The van der Waals surface area contributed by atoms with Gasteiger partial charge in [-0.05, 0) is 63.5 Å². The molecule has 3 fully saturated rings. The minimum absolute atomic E-state index is 0.0110. The molecule has 3 heterocycles. The highest BCUT2D eigenvalue weighted by Gasteiger charge is 2.56. The molecule has 2 spiro atoms. The van der Waals surface area contributed by atoms with Crippen LogP contribution in [0, 0.1) is 0 Å². The third-order valence-electron chi connectivity index (χ3n) is 7.81. The number of halogens is 1. The van der Waals surface area contributed by atoms with Crippen LogP contribution in [-0.2, 0) is 18.9 Å². The number of hydrogen-bond donors (Lipinski definition) is 2. The number of amides is 2. The van der Waals surface area contributed by atoms with Crippen LogP contribution in [0.25, 0.3) is 0 Å². The van der Waals surface area contributed by atoms with Gasteiger partial charge in [-0.3, -0.25) is 9.59 Å². The highest BCUT2D eigenvalue weighted by atomic mass is 79.9. The van der Waals surface area contributed by atoms with E-state index in [0.29, 0.717) is 5.69 Å². The number of benzene rings is 2. The van der Waals surface area contributed by atoms with E-state index in [1.54, 1.807) is 0 Å². The molecule has 2 saturated carbocycles. The Kier molecular flexibility index (Phi) is 5.11. The molecule has 1 saturated heterocycles. The highest BCUT2D eigenvalue weighted by molar-refractivity contribution is 9.10. The summed E-state index contributed by atoms with van der Waals surface area (Å²) in [5.41, 5.74) is 0.404. The molecule has 0 unspecified atom stereocenters. The van der Waals surface area contributed by atoms with Crippen molar-refractivity contribution in [1.82, 2.24) is 0 Å². The summed E-state index contributed by atoms with van der Waals surface area (Å²) < 4.78 is 24.5. The SMILES string of the molecule is CC1(C)OB(c2ccc3c(c2)NC(=O)C2(CC2)O3)OC1(C)C.O=C1Nc2cc(Br)ccc2OC12CC2. The van der Waals surface area contributed by atoms with Crippen LogP contribution in [0.1, 0.15) is 53.4 Å². The second kappa shape index (κ2) is 7.72. The molecular weight excluding hydrogens is 527 g/mol. The van der Waals surface area contributed by atoms with Gasteiger partial charge in [0.1, 0.15) is 11.5 Å². The first-order chi connectivity index (χ1) is 16.9. The second-order valence-electron chi connectivity index (χ2n) is 11.1. The quantitative estimate of drug-likeness (QED) is 0.514. The van der Waals surface area contributed by atoms with Crippen molar-refractivity contribution >= 4 is 51.7 Å². The second-order valence-corrected chi connectivity index (χ2v) is 12.0. The summed E-state index contributed by atoms with van der Waals surface area (Å²) in [5.74, 6) is 1.43. The number of carbonyl (C=O) groups is 2. The Balaban J connectivity index is 0.000000147. The van der Waals surface area contributed by atoms with E-state index in [0.717, 1.165) is 52.8 Å². The molecular formula is C26H28BBrN2O6. The van der Waals surface area contributed by atoms with Crippen molar-refractivity contribution in [3.8, 4) is 11.5 Å². The van der Waals surface area contributed by atoms with Crippen LogP contribution in [0.2, 0.25) is 0 Å². The van der Waals surface area contributed by atoms with Gasteiger partial charge < -0.3 is 29.4 Å². The standard InChI is InChI=1S/C16H20BNO4.C10H8BrNO2/c1-14(2)15(3,4)22-17(21-14)10-5-6-12-11(9-10)18-13(19)16(20-12)7-8-16;11-6-1-2-8-7(5-6)12-9(13)10(14-8)3-4-10/h5-6,9H,7-8H2,1-4H3,(H,18,19);1-2,5H,3-4H2,(H,12,13).